The normalized spacial score (nSPS) is 39.6. The first kappa shape index (κ1) is 14.3. The molecule has 2 aliphatic heterocycles. The summed E-state index contributed by atoms with van der Waals surface area (Å²) >= 11 is 0. The highest BCUT2D eigenvalue weighted by Gasteiger charge is 2.52. The quantitative estimate of drug-likeness (QED) is 0.833. The zero-order valence-electron chi connectivity index (χ0n) is 12.2. The SMILES string of the molecule is CCC1NC(=O)C(CC)N(C2(C)CCOC2C)C1=O. The molecule has 0 spiro atoms. The monoisotopic (exact) mass is 268 g/mol. The van der Waals surface area contributed by atoms with Crippen molar-refractivity contribution < 1.29 is 14.3 Å². The molecule has 2 rings (SSSR count). The summed E-state index contributed by atoms with van der Waals surface area (Å²) in [7, 11) is 0. The number of hydrogen-bond acceptors (Lipinski definition) is 3. The predicted molar refractivity (Wildman–Crippen MR) is 71.6 cm³/mol. The highest BCUT2D eigenvalue weighted by molar-refractivity contribution is 5.97. The Morgan fingerprint density at radius 3 is 2.53 bits per heavy atom. The summed E-state index contributed by atoms with van der Waals surface area (Å²) in [6, 6.07) is -0.760. The topological polar surface area (TPSA) is 58.6 Å². The predicted octanol–water partition coefficient (Wildman–Crippen LogP) is 1.07. The second-order valence-corrected chi connectivity index (χ2v) is 5.72. The Morgan fingerprint density at radius 2 is 2.05 bits per heavy atom. The molecule has 2 aliphatic rings. The molecule has 0 aromatic carbocycles. The molecule has 2 heterocycles. The van der Waals surface area contributed by atoms with Gasteiger partial charge in [0, 0.05) is 6.61 Å². The minimum Gasteiger partial charge on any atom is -0.376 e. The number of rotatable bonds is 3. The maximum Gasteiger partial charge on any atom is 0.246 e. The lowest BCUT2D eigenvalue weighted by atomic mass is 9.87. The second-order valence-electron chi connectivity index (χ2n) is 5.72. The lowest BCUT2D eigenvalue weighted by Gasteiger charge is -2.48. The Morgan fingerprint density at radius 1 is 1.37 bits per heavy atom. The standard InChI is InChI=1S/C14H24N2O3/c1-5-10-13(18)16(11(6-2)12(17)15-10)14(4)7-8-19-9(14)3/h9-11H,5-8H2,1-4H3,(H,15,17). The van der Waals surface area contributed by atoms with E-state index in [1.54, 1.807) is 4.90 Å². The van der Waals surface area contributed by atoms with Gasteiger partial charge in [0.15, 0.2) is 0 Å². The van der Waals surface area contributed by atoms with E-state index in [4.69, 9.17) is 4.74 Å². The largest absolute Gasteiger partial charge is 0.376 e. The maximum absolute atomic E-state index is 12.7. The van der Waals surface area contributed by atoms with E-state index in [1.807, 2.05) is 27.7 Å². The summed E-state index contributed by atoms with van der Waals surface area (Å²) < 4.78 is 5.64. The molecule has 0 saturated carbocycles. The van der Waals surface area contributed by atoms with Crippen LogP contribution in [0.3, 0.4) is 0 Å². The molecule has 0 aromatic heterocycles. The van der Waals surface area contributed by atoms with Gasteiger partial charge < -0.3 is 15.0 Å². The molecule has 0 aliphatic carbocycles. The Bertz CT molecular complexity index is 385. The van der Waals surface area contributed by atoms with Gasteiger partial charge in [-0.05, 0) is 33.1 Å². The molecule has 0 bridgehead atoms. The van der Waals surface area contributed by atoms with Crippen molar-refractivity contribution in [3.63, 3.8) is 0 Å². The van der Waals surface area contributed by atoms with Crippen LogP contribution in [0, 0.1) is 0 Å². The van der Waals surface area contributed by atoms with Crippen LogP contribution in [-0.4, -0.2) is 47.0 Å². The van der Waals surface area contributed by atoms with Crippen LogP contribution in [0.25, 0.3) is 0 Å². The van der Waals surface area contributed by atoms with Crippen LogP contribution >= 0.6 is 0 Å². The molecule has 2 saturated heterocycles. The van der Waals surface area contributed by atoms with Crippen LogP contribution in [0.15, 0.2) is 0 Å². The Balaban J connectivity index is 2.37. The third-order valence-electron chi connectivity index (χ3n) is 4.66. The molecule has 5 nitrogen and oxygen atoms in total. The van der Waals surface area contributed by atoms with Crippen molar-refractivity contribution in [2.24, 2.45) is 0 Å². The van der Waals surface area contributed by atoms with Gasteiger partial charge in [0.25, 0.3) is 0 Å². The van der Waals surface area contributed by atoms with Crippen molar-refractivity contribution in [3.8, 4) is 0 Å². The van der Waals surface area contributed by atoms with E-state index in [0.717, 1.165) is 6.42 Å². The fraction of sp³-hybridized carbons (Fsp3) is 0.857. The van der Waals surface area contributed by atoms with Gasteiger partial charge in [-0.15, -0.1) is 0 Å². The van der Waals surface area contributed by atoms with E-state index in [-0.39, 0.29) is 35.5 Å². The van der Waals surface area contributed by atoms with Gasteiger partial charge in [0.1, 0.15) is 12.1 Å². The van der Waals surface area contributed by atoms with Crippen molar-refractivity contribution in [1.29, 1.82) is 0 Å². The zero-order chi connectivity index (χ0) is 14.2. The summed E-state index contributed by atoms with van der Waals surface area (Å²) in [6.45, 7) is 8.54. The Hall–Kier alpha value is -1.10. The van der Waals surface area contributed by atoms with Gasteiger partial charge in [-0.25, -0.2) is 0 Å². The third kappa shape index (κ3) is 2.14. The van der Waals surface area contributed by atoms with Gasteiger partial charge in [-0.3, -0.25) is 9.59 Å². The number of hydrogen-bond donors (Lipinski definition) is 1. The molecule has 19 heavy (non-hydrogen) atoms. The van der Waals surface area contributed by atoms with Crippen LogP contribution in [0.2, 0.25) is 0 Å². The zero-order valence-corrected chi connectivity index (χ0v) is 12.2. The van der Waals surface area contributed by atoms with E-state index in [1.165, 1.54) is 0 Å². The average molecular weight is 268 g/mol. The van der Waals surface area contributed by atoms with Crippen LogP contribution < -0.4 is 5.32 Å². The molecular formula is C14H24N2O3. The third-order valence-corrected chi connectivity index (χ3v) is 4.66. The number of piperazine rings is 1. The maximum atomic E-state index is 12.7. The van der Waals surface area contributed by atoms with Crippen LogP contribution in [0.4, 0.5) is 0 Å². The summed E-state index contributed by atoms with van der Waals surface area (Å²) in [4.78, 5) is 26.7. The van der Waals surface area contributed by atoms with Crippen molar-refractivity contribution >= 4 is 11.8 Å². The first-order valence-electron chi connectivity index (χ1n) is 7.20. The number of ether oxygens (including phenoxy) is 1. The summed E-state index contributed by atoms with van der Waals surface area (Å²) in [5, 5.41) is 2.83. The average Bonchev–Trinajstić information content (AvgIpc) is 2.72. The van der Waals surface area contributed by atoms with Crippen molar-refractivity contribution in [2.75, 3.05) is 6.61 Å². The van der Waals surface area contributed by atoms with Gasteiger partial charge in [-0.2, -0.15) is 0 Å². The van der Waals surface area contributed by atoms with Crippen LogP contribution in [0.1, 0.15) is 47.0 Å². The van der Waals surface area contributed by atoms with Crippen LogP contribution in [-0.2, 0) is 14.3 Å². The van der Waals surface area contributed by atoms with Gasteiger partial charge in [0.05, 0.1) is 11.6 Å². The fourth-order valence-corrected chi connectivity index (χ4v) is 3.16. The molecule has 0 radical (unpaired) electrons. The minimum atomic E-state index is -0.389. The van der Waals surface area contributed by atoms with E-state index in [2.05, 4.69) is 5.32 Å². The molecule has 2 amide bonds. The number of carbonyl (C=O) groups excluding carboxylic acids is 2. The van der Waals surface area contributed by atoms with Crippen molar-refractivity contribution in [3.05, 3.63) is 0 Å². The number of nitrogens with zero attached hydrogens (tertiary/aromatic N) is 1. The number of carbonyl (C=O) groups is 2. The molecule has 2 fully saturated rings. The van der Waals surface area contributed by atoms with E-state index in [0.29, 0.717) is 19.4 Å². The molecular weight excluding hydrogens is 244 g/mol. The van der Waals surface area contributed by atoms with Gasteiger partial charge in [0.2, 0.25) is 11.8 Å². The molecule has 4 unspecified atom stereocenters. The molecule has 4 atom stereocenters. The van der Waals surface area contributed by atoms with Crippen LogP contribution in [0.5, 0.6) is 0 Å². The first-order chi connectivity index (χ1) is 8.95. The van der Waals surface area contributed by atoms with Gasteiger partial charge in [-0.1, -0.05) is 13.8 Å². The van der Waals surface area contributed by atoms with E-state index in [9.17, 15) is 9.59 Å². The van der Waals surface area contributed by atoms with Gasteiger partial charge >= 0.3 is 0 Å². The van der Waals surface area contributed by atoms with E-state index >= 15 is 0 Å². The molecule has 0 aromatic rings. The lowest BCUT2D eigenvalue weighted by Crippen LogP contribution is -2.70. The van der Waals surface area contributed by atoms with E-state index < -0.39 is 0 Å². The molecule has 5 heteroatoms. The highest BCUT2D eigenvalue weighted by Crippen LogP contribution is 2.36. The van der Waals surface area contributed by atoms with Crippen molar-refractivity contribution in [1.82, 2.24) is 10.2 Å². The summed E-state index contributed by atoms with van der Waals surface area (Å²) in [6.07, 6.45) is 2.02. The minimum absolute atomic E-state index is 0.0331. The number of nitrogens with one attached hydrogen (secondary N) is 1. The first-order valence-corrected chi connectivity index (χ1v) is 7.20. The molecule has 1 N–H and O–H groups in total. The Kier molecular flexibility index (Phi) is 3.85. The lowest BCUT2D eigenvalue weighted by molar-refractivity contribution is -0.159. The fourth-order valence-electron chi connectivity index (χ4n) is 3.16. The second kappa shape index (κ2) is 5.12. The summed E-state index contributed by atoms with van der Waals surface area (Å²) in [5.74, 6) is 0.00285. The smallest absolute Gasteiger partial charge is 0.246 e. The number of amides is 2. The Labute approximate surface area is 114 Å². The van der Waals surface area contributed by atoms with Crippen molar-refractivity contribution in [2.45, 2.75) is 70.7 Å². The summed E-state index contributed by atoms with van der Waals surface area (Å²) in [5.41, 5.74) is -0.372. The highest BCUT2D eigenvalue weighted by atomic mass is 16.5. The molecule has 108 valence electrons.